The molecular weight excluding hydrogens is 438 g/mol. The molecule has 1 heterocycles. The van der Waals surface area contributed by atoms with Crippen LogP contribution in [0.2, 0.25) is 0 Å². The number of methoxy groups -OCH3 is 2. The molecule has 0 fully saturated rings. The lowest BCUT2D eigenvalue weighted by Gasteiger charge is -2.22. The van der Waals surface area contributed by atoms with Crippen molar-refractivity contribution in [1.82, 2.24) is 5.32 Å². The smallest absolute Gasteiger partial charge is 0.343 e. The van der Waals surface area contributed by atoms with E-state index in [9.17, 15) is 9.59 Å². The molecule has 0 spiro atoms. The van der Waals surface area contributed by atoms with Crippen LogP contribution in [-0.4, -0.2) is 32.7 Å². The maximum absolute atomic E-state index is 13.3. The van der Waals surface area contributed by atoms with Crippen molar-refractivity contribution in [3.8, 4) is 11.5 Å². The Morgan fingerprint density at radius 3 is 2.55 bits per heavy atom. The Labute approximate surface area is 197 Å². The van der Waals surface area contributed by atoms with Crippen molar-refractivity contribution in [3.63, 3.8) is 0 Å². The summed E-state index contributed by atoms with van der Waals surface area (Å²) < 4.78 is 15.4. The van der Waals surface area contributed by atoms with E-state index in [0.717, 1.165) is 23.3 Å². The number of rotatable bonds is 8. The van der Waals surface area contributed by atoms with Gasteiger partial charge in [0.25, 0.3) is 5.91 Å². The van der Waals surface area contributed by atoms with Gasteiger partial charge in [0.05, 0.1) is 20.3 Å². The fourth-order valence-electron chi connectivity index (χ4n) is 4.05. The number of hydrogen-bond acceptors (Lipinski definition) is 6. The summed E-state index contributed by atoms with van der Waals surface area (Å²) in [5.41, 5.74) is 4.26. The summed E-state index contributed by atoms with van der Waals surface area (Å²) in [6.45, 7) is -0.273. The molecule has 1 aromatic heterocycles. The van der Waals surface area contributed by atoms with Gasteiger partial charge in [0, 0.05) is 10.4 Å². The number of esters is 1. The van der Waals surface area contributed by atoms with Gasteiger partial charge in [-0.15, -0.1) is 11.3 Å². The van der Waals surface area contributed by atoms with Crippen molar-refractivity contribution in [3.05, 3.63) is 81.0 Å². The highest BCUT2D eigenvalue weighted by atomic mass is 32.1. The monoisotopic (exact) mass is 465 g/mol. The van der Waals surface area contributed by atoms with Crippen LogP contribution in [-0.2, 0) is 22.4 Å². The first-order chi connectivity index (χ1) is 16.1. The van der Waals surface area contributed by atoms with Crippen LogP contribution in [0.5, 0.6) is 11.5 Å². The highest BCUT2D eigenvalue weighted by molar-refractivity contribution is 7.10. The summed E-state index contributed by atoms with van der Waals surface area (Å²) in [4.78, 5) is 25.8. The number of ether oxygens (including phenoxy) is 3. The second-order valence-corrected chi connectivity index (χ2v) is 8.87. The molecular formula is C26H27NO5S. The Morgan fingerprint density at radius 2 is 1.82 bits per heavy atom. The van der Waals surface area contributed by atoms with E-state index < -0.39 is 5.97 Å². The van der Waals surface area contributed by atoms with Crippen LogP contribution in [0.3, 0.4) is 0 Å². The number of carbonyl (C=O) groups excluding carboxylic acids is 2. The van der Waals surface area contributed by atoms with Gasteiger partial charge in [-0.25, -0.2) is 4.79 Å². The summed E-state index contributed by atoms with van der Waals surface area (Å²) in [6, 6.07) is 15.2. The summed E-state index contributed by atoms with van der Waals surface area (Å²) in [6.07, 6.45) is 4.63. The molecule has 1 aliphatic rings. The molecule has 4 rings (SSSR count). The number of aryl methyl sites for hydroxylation is 2. The fraction of sp³-hybridized carbons (Fsp3) is 0.308. The van der Waals surface area contributed by atoms with Gasteiger partial charge in [-0.3, -0.25) is 4.79 Å². The lowest BCUT2D eigenvalue weighted by atomic mass is 9.89. The summed E-state index contributed by atoms with van der Waals surface area (Å²) in [7, 11) is 2.79. The SMILES string of the molecule is COC(=O)COc1cc(C(=O)NC(c2ccc3c(c2)CCCC3)c2cccs2)ccc1OC. The zero-order chi connectivity index (χ0) is 23.2. The van der Waals surface area contributed by atoms with Gasteiger partial charge in [-0.1, -0.05) is 24.3 Å². The van der Waals surface area contributed by atoms with Crippen LogP contribution < -0.4 is 14.8 Å². The van der Waals surface area contributed by atoms with Gasteiger partial charge in [0.1, 0.15) is 0 Å². The maximum atomic E-state index is 13.3. The van der Waals surface area contributed by atoms with E-state index in [1.807, 2.05) is 17.5 Å². The minimum Gasteiger partial charge on any atom is -0.493 e. The van der Waals surface area contributed by atoms with Crippen LogP contribution in [0.25, 0.3) is 0 Å². The minimum absolute atomic E-state index is 0.239. The van der Waals surface area contributed by atoms with Gasteiger partial charge in [0.2, 0.25) is 0 Å². The van der Waals surface area contributed by atoms with E-state index in [2.05, 4.69) is 28.3 Å². The molecule has 3 aromatic rings. The third-order valence-corrected chi connectivity index (χ3v) is 6.75. The third-order valence-electron chi connectivity index (χ3n) is 5.81. The van der Waals surface area contributed by atoms with Crippen LogP contribution in [0.1, 0.15) is 50.8 Å². The van der Waals surface area contributed by atoms with E-state index in [1.54, 1.807) is 29.5 Å². The van der Waals surface area contributed by atoms with Gasteiger partial charge < -0.3 is 19.5 Å². The van der Waals surface area contributed by atoms with Crippen LogP contribution in [0.15, 0.2) is 53.9 Å². The standard InChI is InChI=1S/C26H27NO5S/c1-30-21-12-11-20(15-22(21)32-16-24(28)31-2)26(29)27-25(23-8-5-13-33-23)19-10-9-17-6-3-4-7-18(17)14-19/h5,8-15,25H,3-4,6-7,16H2,1-2H3,(H,27,29). The topological polar surface area (TPSA) is 73.9 Å². The Morgan fingerprint density at radius 1 is 1.00 bits per heavy atom. The van der Waals surface area contributed by atoms with Crippen molar-refractivity contribution in [2.24, 2.45) is 0 Å². The zero-order valence-corrected chi connectivity index (χ0v) is 19.6. The van der Waals surface area contributed by atoms with Crippen LogP contribution in [0, 0.1) is 0 Å². The minimum atomic E-state index is -0.517. The number of hydrogen-bond donors (Lipinski definition) is 1. The molecule has 7 heteroatoms. The largest absolute Gasteiger partial charge is 0.493 e. The number of carbonyl (C=O) groups is 2. The number of fused-ring (bicyclic) bond motifs is 1. The summed E-state index contributed by atoms with van der Waals surface area (Å²) in [5.74, 6) is -0.0225. The third kappa shape index (κ3) is 5.37. The lowest BCUT2D eigenvalue weighted by Crippen LogP contribution is -2.29. The average molecular weight is 466 g/mol. The molecule has 1 N–H and O–H groups in total. The second-order valence-electron chi connectivity index (χ2n) is 7.89. The number of thiophene rings is 1. The predicted molar refractivity (Wildman–Crippen MR) is 127 cm³/mol. The summed E-state index contributed by atoms with van der Waals surface area (Å²) in [5, 5.41) is 5.20. The molecule has 1 unspecified atom stereocenters. The molecule has 0 radical (unpaired) electrons. The van der Waals surface area contributed by atoms with E-state index in [0.29, 0.717) is 17.1 Å². The van der Waals surface area contributed by atoms with Crippen molar-refractivity contribution < 1.29 is 23.8 Å². The van der Waals surface area contributed by atoms with E-state index >= 15 is 0 Å². The first kappa shape index (κ1) is 22.9. The average Bonchev–Trinajstić information content (AvgIpc) is 3.39. The Balaban J connectivity index is 1.59. The molecule has 1 aliphatic carbocycles. The molecule has 0 bridgehead atoms. The lowest BCUT2D eigenvalue weighted by molar-refractivity contribution is -0.142. The predicted octanol–water partition coefficient (Wildman–Crippen LogP) is 4.71. The first-order valence-corrected chi connectivity index (χ1v) is 11.8. The molecule has 172 valence electrons. The fourth-order valence-corrected chi connectivity index (χ4v) is 4.85. The summed E-state index contributed by atoms with van der Waals surface area (Å²) >= 11 is 1.61. The molecule has 1 atom stereocenters. The number of benzene rings is 2. The molecule has 0 aliphatic heterocycles. The molecule has 0 saturated heterocycles. The normalized spacial score (nSPS) is 13.5. The quantitative estimate of drug-likeness (QED) is 0.488. The first-order valence-electron chi connectivity index (χ1n) is 10.9. The Kier molecular flexibility index (Phi) is 7.29. The van der Waals surface area contributed by atoms with E-state index in [4.69, 9.17) is 9.47 Å². The van der Waals surface area contributed by atoms with E-state index in [-0.39, 0.29) is 18.6 Å². The molecule has 1 amide bonds. The molecule has 6 nitrogen and oxygen atoms in total. The van der Waals surface area contributed by atoms with Crippen molar-refractivity contribution in [2.75, 3.05) is 20.8 Å². The highest BCUT2D eigenvalue weighted by Crippen LogP contribution is 2.32. The number of nitrogens with one attached hydrogen (secondary N) is 1. The Bertz CT molecular complexity index is 1130. The molecule has 2 aromatic carbocycles. The molecule has 0 saturated carbocycles. The van der Waals surface area contributed by atoms with Crippen molar-refractivity contribution >= 4 is 23.2 Å². The number of amides is 1. The van der Waals surface area contributed by atoms with E-state index in [1.165, 1.54) is 38.2 Å². The highest BCUT2D eigenvalue weighted by Gasteiger charge is 2.22. The maximum Gasteiger partial charge on any atom is 0.343 e. The Hall–Kier alpha value is -3.32. The van der Waals surface area contributed by atoms with Crippen molar-refractivity contribution in [1.29, 1.82) is 0 Å². The van der Waals surface area contributed by atoms with Gasteiger partial charge in [0.15, 0.2) is 18.1 Å². The van der Waals surface area contributed by atoms with Gasteiger partial charge in [-0.05, 0) is 72.0 Å². The van der Waals surface area contributed by atoms with Crippen LogP contribution >= 0.6 is 11.3 Å². The van der Waals surface area contributed by atoms with Crippen LogP contribution in [0.4, 0.5) is 0 Å². The zero-order valence-electron chi connectivity index (χ0n) is 18.8. The second kappa shape index (κ2) is 10.5. The van der Waals surface area contributed by atoms with Gasteiger partial charge in [-0.2, -0.15) is 0 Å². The van der Waals surface area contributed by atoms with Gasteiger partial charge >= 0.3 is 5.97 Å². The van der Waals surface area contributed by atoms with Crippen molar-refractivity contribution in [2.45, 2.75) is 31.7 Å². The molecule has 33 heavy (non-hydrogen) atoms.